The fraction of sp³-hybridized carbons (Fsp3) is 0.455. The Balaban J connectivity index is 0.000000804. The molecule has 1 aliphatic rings. The second kappa shape index (κ2) is 16.7. The molecule has 0 unspecified atom stereocenters. The average Bonchev–Trinajstić information content (AvgIpc) is 3.37. The van der Waals surface area contributed by atoms with Crippen molar-refractivity contribution in [1.82, 2.24) is 24.9 Å². The van der Waals surface area contributed by atoms with Crippen molar-refractivity contribution in [3.05, 3.63) is 83.2 Å². The first-order valence-electron chi connectivity index (χ1n) is 15.5. The number of hydrogen-bond donors (Lipinski definition) is 2. The van der Waals surface area contributed by atoms with Gasteiger partial charge in [0.2, 0.25) is 5.91 Å². The highest BCUT2D eigenvalue weighted by molar-refractivity contribution is 7.90. The molecule has 1 atom stereocenters. The molecule has 0 bridgehead atoms. The van der Waals surface area contributed by atoms with E-state index in [4.69, 9.17) is 9.90 Å². The van der Waals surface area contributed by atoms with E-state index in [2.05, 4.69) is 15.3 Å². The number of halogens is 3. The lowest BCUT2D eigenvalue weighted by molar-refractivity contribution is -0.192. The van der Waals surface area contributed by atoms with Gasteiger partial charge in [0.25, 0.3) is 5.91 Å². The van der Waals surface area contributed by atoms with Crippen molar-refractivity contribution in [3.8, 4) is 0 Å². The number of nitrogens with zero attached hydrogens (tertiary/aromatic N) is 4. The van der Waals surface area contributed by atoms with E-state index in [1.165, 1.54) is 6.26 Å². The lowest BCUT2D eigenvalue weighted by Gasteiger charge is -2.38. The van der Waals surface area contributed by atoms with E-state index >= 15 is 0 Å². The van der Waals surface area contributed by atoms with Crippen LogP contribution < -0.4 is 5.32 Å². The number of benzene rings is 2. The number of piperidine rings is 1. The van der Waals surface area contributed by atoms with E-state index in [0.29, 0.717) is 12.2 Å². The largest absolute Gasteiger partial charge is 0.490 e. The Bertz CT molecular complexity index is 1640. The van der Waals surface area contributed by atoms with E-state index < -0.39 is 22.0 Å². The lowest BCUT2D eigenvalue weighted by Crippen LogP contribution is -2.48. The number of sulfone groups is 1. The van der Waals surface area contributed by atoms with Crippen LogP contribution in [0.4, 0.5) is 13.2 Å². The van der Waals surface area contributed by atoms with Gasteiger partial charge in [-0.1, -0.05) is 42.5 Å². The van der Waals surface area contributed by atoms with Crippen molar-refractivity contribution in [2.75, 3.05) is 32.4 Å². The SMILES string of the molecule is CCN(C(=O)Cc1ccc(S(C)(=O)=O)cc1)C1CCN(CC[C@H](NC(=O)c2cc(C)nn2C)c2ccccc2)CC1.O=C(O)C(F)(F)F. The molecular weight excluding hydrogens is 651 g/mol. The van der Waals surface area contributed by atoms with Crippen LogP contribution in [0.15, 0.2) is 65.6 Å². The molecule has 2 amide bonds. The molecule has 48 heavy (non-hydrogen) atoms. The number of carbonyl (C=O) groups is 3. The van der Waals surface area contributed by atoms with Crippen LogP contribution in [0, 0.1) is 6.92 Å². The summed E-state index contributed by atoms with van der Waals surface area (Å²) in [6.07, 6.45) is -1.09. The summed E-state index contributed by atoms with van der Waals surface area (Å²) in [5, 5.41) is 14.6. The Kier molecular flexibility index (Phi) is 13.3. The number of aliphatic carboxylic acids is 1. The minimum Gasteiger partial charge on any atom is -0.475 e. The van der Waals surface area contributed by atoms with Crippen LogP contribution in [0.25, 0.3) is 0 Å². The van der Waals surface area contributed by atoms with Gasteiger partial charge in [-0.05, 0) is 62.4 Å². The van der Waals surface area contributed by atoms with E-state index in [9.17, 15) is 31.2 Å². The smallest absolute Gasteiger partial charge is 0.475 e. The van der Waals surface area contributed by atoms with E-state index in [0.717, 1.165) is 55.7 Å². The highest BCUT2D eigenvalue weighted by Crippen LogP contribution is 2.22. The van der Waals surface area contributed by atoms with Crippen LogP contribution in [-0.4, -0.2) is 95.5 Å². The molecule has 262 valence electrons. The Morgan fingerprint density at radius 1 is 1.06 bits per heavy atom. The molecular formula is C33H42F3N5O6S. The van der Waals surface area contributed by atoms with Gasteiger partial charge in [0, 0.05) is 45.5 Å². The van der Waals surface area contributed by atoms with Crippen LogP contribution in [0.5, 0.6) is 0 Å². The van der Waals surface area contributed by atoms with Crippen LogP contribution in [-0.2, 0) is 32.9 Å². The van der Waals surface area contributed by atoms with Gasteiger partial charge in [-0.3, -0.25) is 14.3 Å². The van der Waals surface area contributed by atoms with E-state index in [1.807, 2.05) is 49.1 Å². The zero-order valence-corrected chi connectivity index (χ0v) is 28.2. The van der Waals surface area contributed by atoms with Gasteiger partial charge in [-0.2, -0.15) is 18.3 Å². The van der Waals surface area contributed by atoms with Crippen LogP contribution >= 0.6 is 0 Å². The fourth-order valence-electron chi connectivity index (χ4n) is 5.60. The number of carboxylic acid groups (broad SMARTS) is 1. The topological polar surface area (TPSA) is 142 Å². The summed E-state index contributed by atoms with van der Waals surface area (Å²) in [5.74, 6) is -2.83. The minimum absolute atomic E-state index is 0.0651. The predicted molar refractivity (Wildman–Crippen MR) is 173 cm³/mol. The minimum atomic E-state index is -5.08. The van der Waals surface area contributed by atoms with E-state index in [1.54, 1.807) is 42.1 Å². The first kappa shape index (κ1) is 38.2. The highest BCUT2D eigenvalue weighted by Gasteiger charge is 2.38. The van der Waals surface area contributed by atoms with Gasteiger partial charge < -0.3 is 20.2 Å². The first-order chi connectivity index (χ1) is 22.5. The number of amides is 2. The number of nitrogens with one attached hydrogen (secondary N) is 1. The Morgan fingerprint density at radius 3 is 2.12 bits per heavy atom. The molecule has 4 rings (SSSR count). The van der Waals surface area contributed by atoms with Crippen molar-refractivity contribution < 1.29 is 41.1 Å². The van der Waals surface area contributed by atoms with Crippen molar-refractivity contribution in [3.63, 3.8) is 0 Å². The van der Waals surface area contributed by atoms with Gasteiger partial charge in [-0.25, -0.2) is 13.2 Å². The average molecular weight is 694 g/mol. The number of likely N-dealkylation sites (tertiary alicyclic amines) is 1. The van der Waals surface area contributed by atoms with Crippen molar-refractivity contribution in [2.24, 2.45) is 7.05 Å². The molecule has 0 spiro atoms. The standard InChI is InChI=1S/C31H41N5O4S.C2HF3O2/c1-5-36(30(37)22-24-11-13-27(14-12-24)41(4,39)40)26-15-18-35(19-16-26)20-17-28(25-9-7-6-8-10-25)32-31(38)29-21-23(2)33-34(29)3;3-2(4,5)1(6)7/h6-14,21,26,28H,5,15-20,22H2,1-4H3,(H,32,38);(H,6,7)/t28-;/m0./s1. The fourth-order valence-corrected chi connectivity index (χ4v) is 6.23. The summed E-state index contributed by atoms with van der Waals surface area (Å²) in [6.45, 7) is 7.13. The van der Waals surface area contributed by atoms with Crippen LogP contribution in [0.2, 0.25) is 0 Å². The van der Waals surface area contributed by atoms with Crippen molar-refractivity contribution in [2.45, 2.75) is 62.7 Å². The van der Waals surface area contributed by atoms with Gasteiger partial charge in [0.05, 0.1) is 23.1 Å². The van der Waals surface area contributed by atoms with Crippen molar-refractivity contribution >= 4 is 27.6 Å². The second-order valence-corrected chi connectivity index (χ2v) is 13.7. The summed E-state index contributed by atoms with van der Waals surface area (Å²) in [5.41, 5.74) is 3.23. The van der Waals surface area contributed by atoms with Crippen LogP contribution in [0.1, 0.15) is 59.5 Å². The Morgan fingerprint density at radius 2 is 1.65 bits per heavy atom. The molecule has 1 aromatic heterocycles. The third-order valence-corrected chi connectivity index (χ3v) is 9.21. The first-order valence-corrected chi connectivity index (χ1v) is 17.4. The second-order valence-electron chi connectivity index (χ2n) is 11.7. The monoisotopic (exact) mass is 693 g/mol. The number of aryl methyl sites for hydroxylation is 2. The zero-order chi connectivity index (χ0) is 35.6. The molecule has 3 aromatic rings. The van der Waals surface area contributed by atoms with Gasteiger partial charge >= 0.3 is 12.1 Å². The third-order valence-electron chi connectivity index (χ3n) is 8.08. The number of hydrogen-bond acceptors (Lipinski definition) is 7. The molecule has 1 fully saturated rings. The maximum Gasteiger partial charge on any atom is 0.490 e. The summed E-state index contributed by atoms with van der Waals surface area (Å²) in [4.78, 5) is 39.8. The number of carbonyl (C=O) groups excluding carboxylic acids is 2. The number of carboxylic acids is 1. The number of alkyl halides is 3. The molecule has 0 saturated carbocycles. The Hall–Kier alpha value is -4.24. The maximum atomic E-state index is 13.2. The molecule has 1 aliphatic heterocycles. The maximum absolute atomic E-state index is 13.2. The summed E-state index contributed by atoms with van der Waals surface area (Å²) >= 11 is 0. The molecule has 2 heterocycles. The molecule has 0 radical (unpaired) electrons. The predicted octanol–water partition coefficient (Wildman–Crippen LogP) is 4.18. The third kappa shape index (κ3) is 11.2. The molecule has 2 aromatic carbocycles. The normalized spacial score (nSPS) is 14.8. The van der Waals surface area contributed by atoms with Crippen molar-refractivity contribution in [1.29, 1.82) is 0 Å². The molecule has 11 nitrogen and oxygen atoms in total. The lowest BCUT2D eigenvalue weighted by atomic mass is 9.99. The quantitative estimate of drug-likeness (QED) is 0.305. The zero-order valence-electron chi connectivity index (χ0n) is 27.4. The van der Waals surface area contributed by atoms with Gasteiger partial charge in [-0.15, -0.1) is 0 Å². The summed E-state index contributed by atoms with van der Waals surface area (Å²) < 4.78 is 56.8. The summed E-state index contributed by atoms with van der Waals surface area (Å²) in [7, 11) is -1.48. The Labute approximate surface area is 278 Å². The van der Waals surface area contributed by atoms with Crippen LogP contribution in [0.3, 0.4) is 0 Å². The number of likely N-dealkylation sites (N-methyl/N-ethyl adjacent to an activating group) is 1. The van der Waals surface area contributed by atoms with E-state index in [-0.39, 0.29) is 35.2 Å². The summed E-state index contributed by atoms with van der Waals surface area (Å²) in [6, 6.07) is 18.5. The molecule has 0 aliphatic carbocycles. The molecule has 15 heteroatoms. The van der Waals surface area contributed by atoms with Gasteiger partial charge in [0.1, 0.15) is 5.69 Å². The molecule has 1 saturated heterocycles. The molecule has 2 N–H and O–H groups in total. The number of aromatic nitrogens is 2. The highest BCUT2D eigenvalue weighted by atomic mass is 32.2. The number of rotatable bonds is 11. The van der Waals surface area contributed by atoms with Gasteiger partial charge in [0.15, 0.2) is 9.84 Å².